The van der Waals surface area contributed by atoms with Crippen LogP contribution in [0, 0.1) is 0 Å². The highest BCUT2D eigenvalue weighted by Gasteiger charge is 2.36. The van der Waals surface area contributed by atoms with Gasteiger partial charge in [-0.15, -0.1) is 0 Å². The van der Waals surface area contributed by atoms with Crippen LogP contribution >= 0.6 is 23.2 Å². The molecule has 4 rings (SSSR count). The first-order chi connectivity index (χ1) is 15.7. The smallest absolute Gasteiger partial charge is 0.405 e. The van der Waals surface area contributed by atoms with E-state index in [0.717, 1.165) is 36.8 Å². The number of carbonyl (C=O) groups excluding carboxylic acids is 2. The molecule has 0 bridgehead atoms. The summed E-state index contributed by atoms with van der Waals surface area (Å²) in [6, 6.07) is 19.3. The third-order valence-electron chi connectivity index (χ3n) is 5.78. The maximum atomic E-state index is 12.3. The molecule has 1 aliphatic heterocycles. The van der Waals surface area contributed by atoms with Crippen LogP contribution in [0.2, 0.25) is 0 Å². The van der Waals surface area contributed by atoms with E-state index in [1.54, 1.807) is 23.6 Å². The van der Waals surface area contributed by atoms with Gasteiger partial charge in [0.05, 0.1) is 5.52 Å². The molecule has 1 N–H and O–H groups in total. The minimum absolute atomic E-state index is 0.0192. The van der Waals surface area contributed by atoms with Gasteiger partial charge in [-0.25, -0.2) is 9.59 Å². The van der Waals surface area contributed by atoms with Crippen molar-refractivity contribution in [2.45, 2.75) is 30.7 Å². The molecule has 2 aromatic carbocycles. The van der Waals surface area contributed by atoms with Gasteiger partial charge >= 0.3 is 11.5 Å². The Labute approximate surface area is 204 Å². The number of hydrogen-bond donors (Lipinski definition) is 1. The molecule has 1 fully saturated rings. The number of rotatable bonds is 4. The van der Waals surface area contributed by atoms with Gasteiger partial charge < -0.3 is 15.0 Å². The number of nitrogens with zero attached hydrogens (tertiary/aromatic N) is 2. The van der Waals surface area contributed by atoms with Crippen molar-refractivity contribution in [3.63, 3.8) is 0 Å². The van der Waals surface area contributed by atoms with E-state index < -0.39 is 11.0 Å². The Morgan fingerprint density at radius 2 is 1.91 bits per heavy atom. The maximum absolute atomic E-state index is 12.3. The Balaban J connectivity index is 0.000000383. The summed E-state index contributed by atoms with van der Waals surface area (Å²) in [6.45, 7) is 3.54. The van der Waals surface area contributed by atoms with E-state index in [-0.39, 0.29) is 11.4 Å². The Hall–Kier alpha value is -2.54. The molecule has 1 saturated heterocycles. The van der Waals surface area contributed by atoms with Gasteiger partial charge in [0.25, 0.3) is 0 Å². The van der Waals surface area contributed by atoms with Crippen LogP contribution in [0.1, 0.15) is 24.5 Å². The van der Waals surface area contributed by atoms with E-state index >= 15 is 0 Å². The van der Waals surface area contributed by atoms with Crippen molar-refractivity contribution in [2.24, 2.45) is 0 Å². The number of amides is 1. The van der Waals surface area contributed by atoms with Crippen molar-refractivity contribution in [3.8, 4) is 0 Å². The molecule has 0 radical (unpaired) electrons. The van der Waals surface area contributed by atoms with Gasteiger partial charge in [-0.1, -0.05) is 48.0 Å². The number of hydrogen-bond acceptors (Lipinski definition) is 4. The van der Waals surface area contributed by atoms with Crippen LogP contribution in [0.4, 0.5) is 9.59 Å². The summed E-state index contributed by atoms with van der Waals surface area (Å²) in [6.07, 6.45) is 4.03. The molecule has 0 spiro atoms. The van der Waals surface area contributed by atoms with Gasteiger partial charge in [-0.3, -0.25) is 4.57 Å². The van der Waals surface area contributed by atoms with Crippen molar-refractivity contribution in [1.29, 1.82) is 0 Å². The summed E-state index contributed by atoms with van der Waals surface area (Å²) >= 11 is 9.87. The van der Waals surface area contributed by atoms with Gasteiger partial charge in [-0.2, -0.15) is 0 Å². The predicted octanol–water partition coefficient (Wildman–Crippen LogP) is 5.59. The molecule has 176 valence electrons. The lowest BCUT2D eigenvalue weighted by Crippen LogP contribution is -2.31. The van der Waals surface area contributed by atoms with E-state index in [0.29, 0.717) is 0 Å². The molecule has 0 saturated carbocycles. The Morgan fingerprint density at radius 1 is 1.18 bits per heavy atom. The number of carbonyl (C=O) groups is 2. The predicted molar refractivity (Wildman–Crippen MR) is 133 cm³/mol. The van der Waals surface area contributed by atoms with Crippen molar-refractivity contribution >= 4 is 45.6 Å². The van der Waals surface area contributed by atoms with Gasteiger partial charge in [0.1, 0.15) is 0 Å². The number of aromatic nitrogens is 1. The highest BCUT2D eigenvalue weighted by atomic mass is 35.5. The third-order valence-corrected chi connectivity index (χ3v) is 5.95. The molecule has 2 atom stereocenters. The molecule has 8 heteroatoms. The standard InChI is InChI=1S/C22H25N3O.C3H4Cl2O2/c1-24(2)21(26)25-13-10-18-14-19(8-9-20(18)25)22(11-12-23-16-22)15-17-6-4-3-5-7-17;1-2(4)7-3(5)6/h3-10,13-14,23H,11-12,15-16H2,1-2H3;2H,1H3. The molecule has 0 aliphatic carbocycles. The topological polar surface area (TPSA) is 63.6 Å². The minimum Gasteiger partial charge on any atom is -0.434 e. The molecule has 2 unspecified atom stereocenters. The summed E-state index contributed by atoms with van der Waals surface area (Å²) in [7, 11) is 3.56. The summed E-state index contributed by atoms with van der Waals surface area (Å²) in [4.78, 5) is 23.7. The van der Waals surface area contributed by atoms with Crippen LogP contribution in [0.15, 0.2) is 60.8 Å². The van der Waals surface area contributed by atoms with Crippen molar-refractivity contribution in [3.05, 3.63) is 71.9 Å². The Bertz CT molecular complexity index is 1090. The number of halogens is 2. The van der Waals surface area contributed by atoms with E-state index in [1.807, 2.05) is 12.3 Å². The molecule has 6 nitrogen and oxygen atoms in total. The number of alkyl halides is 1. The largest absolute Gasteiger partial charge is 0.434 e. The third kappa shape index (κ3) is 6.28. The molecular weight excluding hydrogens is 461 g/mol. The molecule has 1 aromatic heterocycles. The SMILES string of the molecule is CC(Cl)OC(=O)Cl.CN(C)C(=O)n1ccc2cc(C3(Cc4ccccc4)CCNC3)ccc21. The first-order valence-electron chi connectivity index (χ1n) is 10.8. The van der Waals surface area contributed by atoms with Crippen LogP contribution in [0.25, 0.3) is 10.9 Å². The van der Waals surface area contributed by atoms with Crippen molar-refractivity contribution in [1.82, 2.24) is 14.8 Å². The number of nitrogens with one attached hydrogen (secondary N) is 1. The van der Waals surface area contributed by atoms with Crippen LogP contribution in [0.3, 0.4) is 0 Å². The highest BCUT2D eigenvalue weighted by Crippen LogP contribution is 2.36. The minimum atomic E-state index is -0.873. The summed E-state index contributed by atoms with van der Waals surface area (Å²) in [5.74, 6) is 0. The summed E-state index contributed by atoms with van der Waals surface area (Å²) < 4.78 is 5.86. The molecule has 33 heavy (non-hydrogen) atoms. The zero-order valence-corrected chi connectivity index (χ0v) is 20.6. The lowest BCUT2D eigenvalue weighted by Gasteiger charge is -2.29. The first kappa shape index (κ1) is 25.1. The van der Waals surface area contributed by atoms with E-state index in [9.17, 15) is 9.59 Å². The lowest BCUT2D eigenvalue weighted by molar-refractivity contribution is 0.166. The number of fused-ring (bicyclic) bond motifs is 1. The second-order valence-electron chi connectivity index (χ2n) is 8.40. The quantitative estimate of drug-likeness (QED) is 0.383. The van der Waals surface area contributed by atoms with Gasteiger partial charge in [-0.05, 0) is 55.6 Å². The average Bonchev–Trinajstić information content (AvgIpc) is 3.40. The number of benzene rings is 2. The number of ether oxygens (including phenoxy) is 1. The molecular formula is C25H29Cl2N3O3. The summed E-state index contributed by atoms with van der Waals surface area (Å²) in [5.41, 5.74) is 2.30. The Kier molecular flexibility index (Phi) is 8.40. The zero-order chi connectivity index (χ0) is 24.0. The highest BCUT2D eigenvalue weighted by molar-refractivity contribution is 6.61. The van der Waals surface area contributed by atoms with Crippen molar-refractivity contribution in [2.75, 3.05) is 27.2 Å². The van der Waals surface area contributed by atoms with Gasteiger partial charge in [0.15, 0.2) is 5.56 Å². The average molecular weight is 490 g/mol. The van der Waals surface area contributed by atoms with E-state index in [2.05, 4.69) is 58.6 Å². The monoisotopic (exact) mass is 489 g/mol. The lowest BCUT2D eigenvalue weighted by atomic mass is 9.74. The molecule has 1 amide bonds. The fourth-order valence-corrected chi connectivity index (χ4v) is 4.47. The first-order valence-corrected chi connectivity index (χ1v) is 11.6. The molecule has 1 aliphatic rings. The molecule has 2 heterocycles. The zero-order valence-electron chi connectivity index (χ0n) is 19.1. The second-order valence-corrected chi connectivity index (χ2v) is 9.33. The van der Waals surface area contributed by atoms with Crippen LogP contribution < -0.4 is 5.32 Å². The summed E-state index contributed by atoms with van der Waals surface area (Å²) in [5, 5.41) is 4.67. The van der Waals surface area contributed by atoms with Crippen LogP contribution in [-0.4, -0.2) is 53.7 Å². The van der Waals surface area contributed by atoms with Gasteiger partial charge in [0, 0.05) is 49.2 Å². The maximum Gasteiger partial charge on any atom is 0.405 e. The normalized spacial score (nSPS) is 18.3. The fraction of sp³-hybridized carbons (Fsp3) is 0.360. The van der Waals surface area contributed by atoms with Gasteiger partial charge in [0.2, 0.25) is 0 Å². The van der Waals surface area contributed by atoms with Crippen LogP contribution in [0.5, 0.6) is 0 Å². The fourth-order valence-electron chi connectivity index (χ4n) is 4.21. The second kappa shape index (κ2) is 11.1. The molecule has 3 aromatic rings. The van der Waals surface area contributed by atoms with E-state index in [4.69, 9.17) is 23.2 Å². The Morgan fingerprint density at radius 3 is 2.45 bits per heavy atom. The van der Waals surface area contributed by atoms with Crippen molar-refractivity contribution < 1.29 is 14.3 Å². The van der Waals surface area contributed by atoms with E-state index in [1.165, 1.54) is 18.1 Å². The van der Waals surface area contributed by atoms with Crippen LogP contribution in [-0.2, 0) is 16.6 Å².